The second-order valence-corrected chi connectivity index (χ2v) is 7.29. The van der Waals surface area contributed by atoms with Crippen LogP contribution < -0.4 is 5.73 Å². The number of nitrogens with zero attached hydrogens (tertiary/aromatic N) is 3. The zero-order valence-electron chi connectivity index (χ0n) is 11.6. The van der Waals surface area contributed by atoms with Gasteiger partial charge in [0.25, 0.3) is 20.2 Å². The molecular formula is C11H12N4O6S2. The molecule has 124 valence electrons. The Balaban J connectivity index is 2.60. The fourth-order valence-corrected chi connectivity index (χ4v) is 2.91. The average Bonchev–Trinajstić information content (AvgIpc) is 2.72. The van der Waals surface area contributed by atoms with E-state index >= 15 is 0 Å². The number of imidazole rings is 1. The van der Waals surface area contributed by atoms with Crippen LogP contribution in [0.3, 0.4) is 0 Å². The van der Waals surface area contributed by atoms with Gasteiger partial charge >= 0.3 is 0 Å². The first kappa shape index (κ1) is 17.1. The van der Waals surface area contributed by atoms with Gasteiger partial charge in [0.2, 0.25) is 5.95 Å². The van der Waals surface area contributed by atoms with Gasteiger partial charge in [-0.15, -0.1) is 0 Å². The summed E-state index contributed by atoms with van der Waals surface area (Å²) in [6.45, 7) is 1.66. The van der Waals surface area contributed by atoms with Gasteiger partial charge in [0.05, 0.1) is 23.0 Å². The Kier molecular flexibility index (Phi) is 4.26. The van der Waals surface area contributed by atoms with E-state index in [0.29, 0.717) is 5.69 Å². The SMILES string of the molecule is Cc1cn(N=Cc2cc(S(=O)(=O)O)ccc2S(=O)(=O)O)c(N)n1. The molecule has 0 aliphatic heterocycles. The van der Waals surface area contributed by atoms with E-state index in [2.05, 4.69) is 10.1 Å². The van der Waals surface area contributed by atoms with Crippen LogP contribution >= 0.6 is 0 Å². The van der Waals surface area contributed by atoms with Crippen molar-refractivity contribution < 1.29 is 25.9 Å². The summed E-state index contributed by atoms with van der Waals surface area (Å²) in [6, 6.07) is 2.52. The molecule has 0 atom stereocenters. The van der Waals surface area contributed by atoms with Crippen molar-refractivity contribution in [2.75, 3.05) is 5.73 Å². The van der Waals surface area contributed by atoms with Gasteiger partial charge in [0.15, 0.2) is 0 Å². The van der Waals surface area contributed by atoms with Crippen molar-refractivity contribution in [3.05, 3.63) is 35.7 Å². The van der Waals surface area contributed by atoms with Crippen molar-refractivity contribution in [2.45, 2.75) is 16.7 Å². The molecule has 0 aliphatic carbocycles. The Morgan fingerprint density at radius 2 is 1.87 bits per heavy atom. The summed E-state index contributed by atoms with van der Waals surface area (Å²) in [5, 5.41) is 3.85. The Hall–Kier alpha value is -2.28. The molecule has 1 aromatic carbocycles. The van der Waals surface area contributed by atoms with Crippen LogP contribution in [0.5, 0.6) is 0 Å². The number of nitrogen functional groups attached to an aromatic ring is 1. The summed E-state index contributed by atoms with van der Waals surface area (Å²) in [5.74, 6) is 0.0260. The van der Waals surface area contributed by atoms with Gasteiger partial charge in [-0.1, -0.05) is 0 Å². The molecule has 0 radical (unpaired) electrons. The molecule has 4 N–H and O–H groups in total. The first-order valence-corrected chi connectivity index (χ1v) is 8.81. The number of hydrogen-bond donors (Lipinski definition) is 3. The monoisotopic (exact) mass is 360 g/mol. The molecule has 0 saturated carbocycles. The van der Waals surface area contributed by atoms with Gasteiger partial charge in [-0.2, -0.15) is 21.9 Å². The third-order valence-electron chi connectivity index (χ3n) is 2.71. The average molecular weight is 360 g/mol. The van der Waals surface area contributed by atoms with Crippen molar-refractivity contribution in [3.8, 4) is 0 Å². The summed E-state index contributed by atoms with van der Waals surface area (Å²) in [4.78, 5) is 2.74. The first-order chi connectivity index (χ1) is 10.5. The maximum absolute atomic E-state index is 11.3. The Morgan fingerprint density at radius 1 is 1.22 bits per heavy atom. The van der Waals surface area contributed by atoms with Crippen LogP contribution in [0.4, 0.5) is 5.95 Å². The third kappa shape index (κ3) is 3.92. The van der Waals surface area contributed by atoms with E-state index in [4.69, 9.17) is 10.3 Å². The van der Waals surface area contributed by atoms with Crippen molar-refractivity contribution in [2.24, 2.45) is 5.10 Å². The van der Waals surface area contributed by atoms with Crippen molar-refractivity contribution in [3.63, 3.8) is 0 Å². The molecule has 0 aliphatic rings. The molecule has 2 rings (SSSR count). The van der Waals surface area contributed by atoms with E-state index in [1.54, 1.807) is 6.92 Å². The fourth-order valence-electron chi connectivity index (χ4n) is 1.74. The number of rotatable bonds is 4. The minimum absolute atomic E-state index is 0.0260. The zero-order chi connectivity index (χ0) is 17.4. The second-order valence-electron chi connectivity index (χ2n) is 4.48. The quantitative estimate of drug-likeness (QED) is 0.512. The molecule has 0 spiro atoms. The van der Waals surface area contributed by atoms with Crippen LogP contribution in [0.15, 0.2) is 39.3 Å². The number of hydrogen-bond acceptors (Lipinski definition) is 7. The van der Waals surface area contributed by atoms with Crippen LogP contribution in [-0.2, 0) is 20.2 Å². The second kappa shape index (κ2) is 5.73. The van der Waals surface area contributed by atoms with E-state index in [1.807, 2.05) is 0 Å². The summed E-state index contributed by atoms with van der Waals surface area (Å²) in [5.41, 5.74) is 5.86. The highest BCUT2D eigenvalue weighted by Gasteiger charge is 2.18. The maximum atomic E-state index is 11.3. The number of aryl methyl sites for hydroxylation is 1. The Labute approximate surface area is 131 Å². The van der Waals surface area contributed by atoms with Crippen LogP contribution in [0, 0.1) is 6.92 Å². The first-order valence-electron chi connectivity index (χ1n) is 5.93. The third-order valence-corrected chi connectivity index (χ3v) is 4.49. The molecule has 1 aromatic heterocycles. The summed E-state index contributed by atoms with van der Waals surface area (Å²) < 4.78 is 64.3. The highest BCUT2D eigenvalue weighted by Crippen LogP contribution is 2.19. The summed E-state index contributed by atoms with van der Waals surface area (Å²) in [6.07, 6.45) is 2.42. The van der Waals surface area contributed by atoms with Crippen LogP contribution in [0.25, 0.3) is 0 Å². The molecule has 0 amide bonds. The fraction of sp³-hybridized carbons (Fsp3) is 0.0909. The minimum Gasteiger partial charge on any atom is -0.368 e. The lowest BCUT2D eigenvalue weighted by molar-refractivity contribution is 0.478. The minimum atomic E-state index is -4.63. The molecule has 0 unspecified atom stereocenters. The van der Waals surface area contributed by atoms with Gasteiger partial charge in [-0.3, -0.25) is 9.11 Å². The maximum Gasteiger partial charge on any atom is 0.295 e. The largest absolute Gasteiger partial charge is 0.368 e. The number of nitrogens with two attached hydrogens (primary N) is 1. The van der Waals surface area contributed by atoms with Gasteiger partial charge in [0, 0.05) is 5.56 Å². The smallest absolute Gasteiger partial charge is 0.295 e. The number of aromatic nitrogens is 2. The highest BCUT2D eigenvalue weighted by atomic mass is 32.2. The molecule has 10 nitrogen and oxygen atoms in total. The molecule has 0 saturated heterocycles. The van der Waals surface area contributed by atoms with E-state index < -0.39 is 30.0 Å². The molecule has 0 bridgehead atoms. The molecule has 1 heterocycles. The van der Waals surface area contributed by atoms with Crippen molar-refractivity contribution in [1.29, 1.82) is 0 Å². The van der Waals surface area contributed by atoms with Crippen LogP contribution in [0.1, 0.15) is 11.3 Å². The number of benzene rings is 1. The predicted molar refractivity (Wildman–Crippen MR) is 80.4 cm³/mol. The molecule has 12 heteroatoms. The lowest BCUT2D eigenvalue weighted by Gasteiger charge is -2.05. The van der Waals surface area contributed by atoms with Crippen LogP contribution in [0.2, 0.25) is 0 Å². The van der Waals surface area contributed by atoms with Gasteiger partial charge in [0.1, 0.15) is 4.90 Å². The Morgan fingerprint density at radius 3 is 2.35 bits per heavy atom. The number of anilines is 1. The van der Waals surface area contributed by atoms with Gasteiger partial charge in [-0.25, -0.2) is 9.66 Å². The lowest BCUT2D eigenvalue weighted by atomic mass is 10.2. The Bertz CT molecular complexity index is 992. The van der Waals surface area contributed by atoms with Crippen molar-refractivity contribution >= 4 is 32.4 Å². The standard InChI is InChI=1S/C11H12N4O6S2/c1-7-6-15(11(12)14-7)13-5-8-4-9(22(16,17)18)2-3-10(8)23(19,20)21/h2-6H,1H3,(H2,12,14)(H,16,17,18)(H,19,20,21). The topological polar surface area (TPSA) is 165 Å². The molecule has 0 fully saturated rings. The summed E-state index contributed by atoms with van der Waals surface area (Å²) in [7, 11) is -9.19. The molecule has 2 aromatic rings. The molecular weight excluding hydrogens is 348 g/mol. The summed E-state index contributed by atoms with van der Waals surface area (Å²) >= 11 is 0. The van der Waals surface area contributed by atoms with Gasteiger partial charge < -0.3 is 5.73 Å². The zero-order valence-corrected chi connectivity index (χ0v) is 13.3. The van der Waals surface area contributed by atoms with E-state index in [0.717, 1.165) is 29.1 Å². The highest BCUT2D eigenvalue weighted by molar-refractivity contribution is 7.86. The van der Waals surface area contributed by atoms with E-state index in [1.165, 1.54) is 6.20 Å². The lowest BCUT2D eigenvalue weighted by Crippen LogP contribution is -2.07. The van der Waals surface area contributed by atoms with E-state index in [-0.39, 0.29) is 11.5 Å². The van der Waals surface area contributed by atoms with Crippen LogP contribution in [-0.4, -0.2) is 41.8 Å². The van der Waals surface area contributed by atoms with E-state index in [9.17, 15) is 21.4 Å². The molecule has 23 heavy (non-hydrogen) atoms. The predicted octanol–water partition coefficient (Wildman–Crippen LogP) is 0.149. The normalized spacial score (nSPS) is 12.8. The van der Waals surface area contributed by atoms with Crippen molar-refractivity contribution in [1.82, 2.24) is 9.66 Å². The van der Waals surface area contributed by atoms with Gasteiger partial charge in [-0.05, 0) is 25.1 Å².